The Balaban J connectivity index is 1.41. The van der Waals surface area contributed by atoms with Gasteiger partial charge in [-0.2, -0.15) is 4.98 Å². The number of hydrogen-bond donors (Lipinski definition) is 1. The van der Waals surface area contributed by atoms with Crippen molar-refractivity contribution in [3.8, 4) is 11.5 Å². The Kier molecular flexibility index (Phi) is 5.94. The zero-order chi connectivity index (χ0) is 20.2. The Morgan fingerprint density at radius 2 is 2.07 bits per heavy atom. The lowest BCUT2D eigenvalue weighted by Crippen LogP contribution is -2.38. The molecule has 154 valence electrons. The second-order valence-corrected chi connectivity index (χ2v) is 7.89. The minimum absolute atomic E-state index is 0.482. The van der Waals surface area contributed by atoms with Crippen LogP contribution in [0.5, 0.6) is 11.5 Å². The maximum absolute atomic E-state index is 6.18. The third-order valence-corrected chi connectivity index (χ3v) is 5.81. The highest BCUT2D eigenvalue weighted by Crippen LogP contribution is 2.33. The van der Waals surface area contributed by atoms with Crippen LogP contribution in [0.3, 0.4) is 0 Å². The predicted octanol–water partition coefficient (Wildman–Crippen LogP) is 4.12. The Morgan fingerprint density at radius 1 is 1.21 bits per heavy atom. The van der Waals surface area contributed by atoms with Crippen LogP contribution in [-0.4, -0.2) is 54.4 Å². The highest BCUT2D eigenvalue weighted by atomic mass is 16.5. The van der Waals surface area contributed by atoms with E-state index in [1.807, 2.05) is 25.1 Å². The van der Waals surface area contributed by atoms with Crippen molar-refractivity contribution in [3.63, 3.8) is 0 Å². The summed E-state index contributed by atoms with van der Waals surface area (Å²) in [5.74, 6) is 3.05. The molecule has 1 aromatic heterocycles. The van der Waals surface area contributed by atoms with Crippen molar-refractivity contribution >= 4 is 24.2 Å². The maximum Gasteiger partial charge on any atom is 0.229 e. The fourth-order valence-electron chi connectivity index (χ4n) is 3.97. The molecule has 0 bridgehead atoms. The van der Waals surface area contributed by atoms with Gasteiger partial charge in [0.1, 0.15) is 0 Å². The van der Waals surface area contributed by atoms with Crippen LogP contribution in [0.1, 0.15) is 31.4 Å². The number of ether oxygens (including phenoxy) is 2. The molecule has 2 heterocycles. The zero-order valence-electron chi connectivity index (χ0n) is 17.2. The normalized spacial score (nSPS) is 19.6. The van der Waals surface area contributed by atoms with Crippen molar-refractivity contribution in [2.75, 3.05) is 32.1 Å². The molecule has 1 saturated heterocycles. The molecule has 0 unspecified atom stereocenters. The smallest absolute Gasteiger partial charge is 0.229 e. The van der Waals surface area contributed by atoms with Gasteiger partial charge >= 0.3 is 0 Å². The van der Waals surface area contributed by atoms with Gasteiger partial charge in [-0.1, -0.05) is 6.42 Å². The summed E-state index contributed by atoms with van der Waals surface area (Å²) in [4.78, 5) is 15.3. The molecule has 0 amide bonds. The van der Waals surface area contributed by atoms with E-state index in [1.165, 1.54) is 32.2 Å². The lowest BCUT2D eigenvalue weighted by Gasteiger charge is -2.34. The van der Waals surface area contributed by atoms with Crippen LogP contribution >= 0.6 is 0 Å². The molecule has 1 saturated carbocycles. The van der Waals surface area contributed by atoms with Gasteiger partial charge in [0.15, 0.2) is 17.3 Å². The van der Waals surface area contributed by atoms with Crippen molar-refractivity contribution in [1.29, 1.82) is 0 Å². The Morgan fingerprint density at radius 3 is 2.79 bits per heavy atom. The quantitative estimate of drug-likeness (QED) is 0.678. The highest BCUT2D eigenvalue weighted by Gasteiger charge is 2.31. The number of anilines is 2. The number of aromatic nitrogens is 2. The molecule has 1 atom stereocenters. The van der Waals surface area contributed by atoms with Gasteiger partial charge in [-0.05, 0) is 51.6 Å². The molecule has 0 radical (unpaired) electrons. The summed E-state index contributed by atoms with van der Waals surface area (Å²) in [6.45, 7) is 8.47. The van der Waals surface area contributed by atoms with Crippen LogP contribution in [0, 0.1) is 12.8 Å². The lowest BCUT2D eigenvalue weighted by molar-refractivity contribution is 0.145. The number of hydrogen-bond acceptors (Lipinski definition) is 7. The highest BCUT2D eigenvalue weighted by molar-refractivity contribution is 5.60. The van der Waals surface area contributed by atoms with E-state index < -0.39 is 0 Å². The van der Waals surface area contributed by atoms with Crippen LogP contribution in [0.25, 0.3) is 0 Å². The number of nitrogens with one attached hydrogen (secondary N) is 1. The van der Waals surface area contributed by atoms with Crippen molar-refractivity contribution < 1.29 is 9.47 Å². The van der Waals surface area contributed by atoms with Gasteiger partial charge in [-0.15, -0.1) is 0 Å². The number of aliphatic imine (C=N–C) groups is 1. The van der Waals surface area contributed by atoms with Gasteiger partial charge < -0.3 is 14.8 Å². The van der Waals surface area contributed by atoms with Gasteiger partial charge in [0.2, 0.25) is 5.95 Å². The molecule has 4 rings (SSSR count). The van der Waals surface area contributed by atoms with E-state index in [-0.39, 0.29) is 0 Å². The monoisotopic (exact) mass is 395 g/mol. The number of nitrogens with zero attached hydrogens (tertiary/aromatic N) is 4. The summed E-state index contributed by atoms with van der Waals surface area (Å²) < 4.78 is 11.7. The summed E-state index contributed by atoms with van der Waals surface area (Å²) in [7, 11) is 1.66. The van der Waals surface area contributed by atoms with Gasteiger partial charge in [0.25, 0.3) is 0 Å². The number of benzene rings is 1. The second-order valence-electron chi connectivity index (χ2n) is 7.89. The van der Waals surface area contributed by atoms with Gasteiger partial charge in [0, 0.05) is 42.0 Å². The summed E-state index contributed by atoms with van der Waals surface area (Å²) >= 11 is 0. The number of likely N-dealkylation sites (tertiary alicyclic amines) is 1. The minimum Gasteiger partial charge on any atom is -0.493 e. The molecule has 2 aromatic rings. The number of methoxy groups -OCH3 is 1. The van der Waals surface area contributed by atoms with Crippen molar-refractivity contribution in [3.05, 3.63) is 30.0 Å². The third-order valence-electron chi connectivity index (χ3n) is 5.81. The minimum atomic E-state index is 0.482. The Hall–Kier alpha value is -2.67. The fourth-order valence-corrected chi connectivity index (χ4v) is 3.97. The average Bonchev–Trinajstić information content (AvgIpc) is 3.13. The molecule has 1 aliphatic carbocycles. The third kappa shape index (κ3) is 4.67. The van der Waals surface area contributed by atoms with E-state index in [4.69, 9.17) is 9.47 Å². The van der Waals surface area contributed by atoms with Gasteiger partial charge in [0.05, 0.1) is 13.7 Å². The first kappa shape index (κ1) is 19.6. The van der Waals surface area contributed by atoms with E-state index in [0.29, 0.717) is 24.3 Å². The number of aryl methyl sites for hydroxylation is 1. The molecule has 1 N–H and O–H groups in total. The van der Waals surface area contributed by atoms with Crippen molar-refractivity contribution in [2.45, 2.75) is 38.6 Å². The average molecular weight is 396 g/mol. The first-order chi connectivity index (χ1) is 14.1. The second kappa shape index (κ2) is 8.78. The van der Waals surface area contributed by atoms with Gasteiger partial charge in [-0.3, -0.25) is 4.90 Å². The molecule has 29 heavy (non-hydrogen) atoms. The van der Waals surface area contributed by atoms with Crippen molar-refractivity contribution in [2.24, 2.45) is 10.9 Å². The molecule has 2 aliphatic rings. The van der Waals surface area contributed by atoms with Crippen LogP contribution in [0.4, 0.5) is 17.5 Å². The van der Waals surface area contributed by atoms with Crippen LogP contribution in [-0.2, 0) is 0 Å². The van der Waals surface area contributed by atoms with Crippen molar-refractivity contribution in [1.82, 2.24) is 14.9 Å². The standard InChI is InChI=1S/C22H29N5O2/c1-15-11-21(23-2)26-22(24-15)25-17-7-8-19(28-3)20(12-17)29-14-16-9-10-27(13-16)18-5-4-6-18/h7-8,11-12,16,18H,2,4-6,9-10,13-14H2,1,3H3,(H,24,25,26)/t16-/m1/s1. The van der Waals surface area contributed by atoms with E-state index in [9.17, 15) is 0 Å². The van der Waals surface area contributed by atoms with Crippen LogP contribution in [0.2, 0.25) is 0 Å². The van der Waals surface area contributed by atoms with Gasteiger partial charge in [-0.25, -0.2) is 9.98 Å². The topological polar surface area (TPSA) is 71.9 Å². The fraction of sp³-hybridized carbons (Fsp3) is 0.500. The molecule has 0 spiro atoms. The van der Waals surface area contributed by atoms with E-state index in [2.05, 4.69) is 31.9 Å². The maximum atomic E-state index is 6.18. The zero-order valence-corrected chi connectivity index (χ0v) is 17.2. The van der Waals surface area contributed by atoms with E-state index in [1.54, 1.807) is 13.2 Å². The summed E-state index contributed by atoms with van der Waals surface area (Å²) in [5.41, 5.74) is 1.66. The van der Waals surface area contributed by atoms with E-state index in [0.717, 1.165) is 35.5 Å². The Bertz CT molecular complexity index is 868. The SMILES string of the molecule is C=Nc1cc(C)nc(Nc2ccc(OC)c(OC[C@@H]3CCN(C4CCC4)C3)c2)n1. The van der Waals surface area contributed by atoms with Crippen LogP contribution < -0.4 is 14.8 Å². The first-order valence-electron chi connectivity index (χ1n) is 10.3. The molecule has 7 nitrogen and oxygen atoms in total. The molecule has 1 aromatic carbocycles. The Labute approximate surface area is 172 Å². The largest absolute Gasteiger partial charge is 0.493 e. The summed E-state index contributed by atoms with van der Waals surface area (Å²) in [5, 5.41) is 3.22. The molecule has 7 heteroatoms. The predicted molar refractivity (Wildman–Crippen MR) is 115 cm³/mol. The summed E-state index contributed by atoms with van der Waals surface area (Å²) in [6.07, 6.45) is 5.30. The summed E-state index contributed by atoms with van der Waals surface area (Å²) in [6, 6.07) is 8.35. The molecular formula is C22H29N5O2. The molecular weight excluding hydrogens is 366 g/mol. The van der Waals surface area contributed by atoms with E-state index >= 15 is 0 Å². The molecule has 2 fully saturated rings. The number of rotatable bonds is 8. The molecule has 1 aliphatic heterocycles. The first-order valence-corrected chi connectivity index (χ1v) is 10.3. The van der Waals surface area contributed by atoms with Crippen LogP contribution in [0.15, 0.2) is 29.3 Å². The lowest BCUT2D eigenvalue weighted by atomic mass is 9.92.